The molecule has 2 bridgehead atoms. The number of fused-ring (bicyclic) bond motifs is 4. The fourth-order valence-corrected chi connectivity index (χ4v) is 4.19. The summed E-state index contributed by atoms with van der Waals surface area (Å²) in [6, 6.07) is 10.1. The summed E-state index contributed by atoms with van der Waals surface area (Å²) in [7, 11) is 1.58. The largest absolute Gasteiger partial charge is 0.595 e. The molecule has 0 saturated carbocycles. The summed E-state index contributed by atoms with van der Waals surface area (Å²) in [6.45, 7) is 1.52. The topological polar surface area (TPSA) is 99.3 Å². The SMILES string of the molecule is COc1ccc(C(=O)N2CC3CC(C2)c2ccc([NH+]([O-])O)c(=O)n2C3)cc1. The zero-order valence-electron chi connectivity index (χ0n) is 14.9. The van der Waals surface area contributed by atoms with Crippen molar-refractivity contribution in [2.45, 2.75) is 18.9 Å². The van der Waals surface area contributed by atoms with E-state index in [1.165, 1.54) is 6.07 Å². The molecule has 3 unspecified atom stereocenters. The predicted molar refractivity (Wildman–Crippen MR) is 96.2 cm³/mol. The second-order valence-corrected chi connectivity index (χ2v) is 7.13. The Kier molecular flexibility index (Phi) is 4.47. The van der Waals surface area contributed by atoms with E-state index in [0.29, 0.717) is 30.9 Å². The van der Waals surface area contributed by atoms with Gasteiger partial charge in [-0.15, -0.1) is 0 Å². The van der Waals surface area contributed by atoms with Crippen molar-refractivity contribution >= 4 is 11.6 Å². The molecule has 1 aromatic carbocycles. The molecule has 3 heterocycles. The molecule has 2 N–H and O–H groups in total. The van der Waals surface area contributed by atoms with Crippen LogP contribution in [-0.2, 0) is 6.54 Å². The Bertz CT molecular complexity index is 922. The Morgan fingerprint density at radius 3 is 2.59 bits per heavy atom. The average Bonchev–Trinajstić information content (AvgIpc) is 2.68. The molecule has 2 aliphatic rings. The van der Waals surface area contributed by atoms with Crippen LogP contribution < -0.4 is 15.5 Å². The lowest BCUT2D eigenvalue weighted by Crippen LogP contribution is -3.00. The van der Waals surface area contributed by atoms with Gasteiger partial charge < -0.3 is 19.4 Å². The van der Waals surface area contributed by atoms with Gasteiger partial charge in [-0.1, -0.05) is 0 Å². The highest BCUT2D eigenvalue weighted by atomic mass is 16.8. The van der Waals surface area contributed by atoms with Crippen molar-refractivity contribution < 1.29 is 20.0 Å². The van der Waals surface area contributed by atoms with Gasteiger partial charge in [0, 0.05) is 42.9 Å². The van der Waals surface area contributed by atoms with Crippen LogP contribution >= 0.6 is 0 Å². The van der Waals surface area contributed by atoms with E-state index in [1.54, 1.807) is 42.0 Å². The van der Waals surface area contributed by atoms with Gasteiger partial charge in [-0.3, -0.25) is 9.59 Å². The molecule has 2 aromatic rings. The third-order valence-corrected chi connectivity index (χ3v) is 5.46. The van der Waals surface area contributed by atoms with Crippen LogP contribution in [0.3, 0.4) is 0 Å². The Balaban J connectivity index is 1.60. The maximum Gasteiger partial charge on any atom is 0.315 e. The Hall–Kier alpha value is -2.68. The summed E-state index contributed by atoms with van der Waals surface area (Å²) >= 11 is 0. The predicted octanol–water partition coefficient (Wildman–Crippen LogP) is 0.520. The second kappa shape index (κ2) is 6.80. The smallest absolute Gasteiger partial charge is 0.315 e. The number of carbonyl (C=O) groups excluding carboxylic acids is 1. The number of piperidine rings is 1. The maximum absolute atomic E-state index is 12.9. The second-order valence-electron chi connectivity index (χ2n) is 7.13. The minimum atomic E-state index is -1.21. The van der Waals surface area contributed by atoms with Crippen molar-refractivity contribution in [3.05, 3.63) is 63.2 Å². The first-order chi connectivity index (χ1) is 13.0. The number of benzene rings is 1. The van der Waals surface area contributed by atoms with Crippen LogP contribution in [0.4, 0.5) is 5.69 Å². The van der Waals surface area contributed by atoms with Crippen LogP contribution in [0.25, 0.3) is 0 Å². The van der Waals surface area contributed by atoms with Gasteiger partial charge >= 0.3 is 5.56 Å². The van der Waals surface area contributed by atoms with Crippen LogP contribution in [0, 0.1) is 11.1 Å². The number of ether oxygens (including phenoxy) is 1. The normalized spacial score (nSPS) is 22.1. The third kappa shape index (κ3) is 3.12. The molecule has 1 saturated heterocycles. The van der Waals surface area contributed by atoms with Crippen LogP contribution in [0.5, 0.6) is 5.75 Å². The number of amides is 1. The summed E-state index contributed by atoms with van der Waals surface area (Å²) in [5.74, 6) is 0.838. The number of carbonyl (C=O) groups is 1. The van der Waals surface area contributed by atoms with Gasteiger partial charge in [0.05, 0.1) is 7.11 Å². The van der Waals surface area contributed by atoms with E-state index >= 15 is 0 Å². The standard InChI is InChI=1S/C19H21N3O5/c1-27-15-4-2-13(3-5-15)18(23)20-9-12-8-14(11-20)16-6-7-17(22(25)26)19(24)21(16)10-12/h2-7,12,14,22,25H,8-11H2,1H3. The van der Waals surface area contributed by atoms with E-state index in [2.05, 4.69) is 0 Å². The first kappa shape index (κ1) is 17.7. The van der Waals surface area contributed by atoms with Crippen molar-refractivity contribution in [2.24, 2.45) is 5.92 Å². The highest BCUT2D eigenvalue weighted by molar-refractivity contribution is 5.94. The van der Waals surface area contributed by atoms with Gasteiger partial charge in [-0.05, 0) is 42.7 Å². The molecule has 3 atom stereocenters. The lowest BCUT2D eigenvalue weighted by atomic mass is 9.83. The molecular formula is C19H21N3O5. The minimum Gasteiger partial charge on any atom is -0.595 e. The zero-order valence-corrected chi connectivity index (χ0v) is 14.9. The first-order valence-electron chi connectivity index (χ1n) is 8.88. The highest BCUT2D eigenvalue weighted by Crippen LogP contribution is 2.35. The number of hydrogen-bond donors (Lipinski definition) is 2. The molecule has 0 aliphatic carbocycles. The van der Waals surface area contributed by atoms with Crippen LogP contribution in [0.1, 0.15) is 28.4 Å². The Labute approximate surface area is 155 Å². The molecule has 0 radical (unpaired) electrons. The van der Waals surface area contributed by atoms with Crippen molar-refractivity contribution in [1.82, 2.24) is 9.47 Å². The molecule has 1 aromatic heterocycles. The zero-order chi connectivity index (χ0) is 19.1. The monoisotopic (exact) mass is 371 g/mol. The highest BCUT2D eigenvalue weighted by Gasteiger charge is 2.37. The van der Waals surface area contributed by atoms with Gasteiger partial charge in [-0.25, -0.2) is 5.21 Å². The molecule has 1 fully saturated rings. The number of rotatable bonds is 3. The molecule has 27 heavy (non-hydrogen) atoms. The van der Waals surface area contributed by atoms with Gasteiger partial charge in [0.25, 0.3) is 5.91 Å². The summed E-state index contributed by atoms with van der Waals surface area (Å²) in [4.78, 5) is 27.2. The Morgan fingerprint density at radius 2 is 1.93 bits per heavy atom. The molecule has 2 aliphatic heterocycles. The van der Waals surface area contributed by atoms with E-state index < -0.39 is 10.8 Å². The van der Waals surface area contributed by atoms with Gasteiger partial charge in [0.1, 0.15) is 5.75 Å². The minimum absolute atomic E-state index is 0.0368. The summed E-state index contributed by atoms with van der Waals surface area (Å²) < 4.78 is 6.71. The van der Waals surface area contributed by atoms with Crippen LogP contribution in [0.2, 0.25) is 0 Å². The molecule has 142 valence electrons. The number of hydrogen-bond acceptors (Lipinski definition) is 5. The van der Waals surface area contributed by atoms with Crippen molar-refractivity contribution in [3.8, 4) is 5.75 Å². The van der Waals surface area contributed by atoms with E-state index in [4.69, 9.17) is 4.74 Å². The van der Waals surface area contributed by atoms with Crippen molar-refractivity contribution in [2.75, 3.05) is 20.2 Å². The van der Waals surface area contributed by atoms with Crippen LogP contribution in [0.15, 0.2) is 41.2 Å². The molecular weight excluding hydrogens is 350 g/mol. The molecule has 1 amide bonds. The summed E-state index contributed by atoms with van der Waals surface area (Å²) in [6.07, 6.45) is 0.901. The number of quaternary nitrogens is 1. The van der Waals surface area contributed by atoms with Crippen molar-refractivity contribution in [1.29, 1.82) is 0 Å². The number of methoxy groups -OCH3 is 1. The van der Waals surface area contributed by atoms with Gasteiger partial charge in [-0.2, -0.15) is 5.23 Å². The fraction of sp³-hybridized carbons (Fsp3) is 0.368. The summed E-state index contributed by atoms with van der Waals surface area (Å²) in [5, 5.41) is 19.2. The number of nitrogens with zero attached hydrogens (tertiary/aromatic N) is 2. The van der Waals surface area contributed by atoms with Crippen molar-refractivity contribution in [3.63, 3.8) is 0 Å². The van der Waals surface area contributed by atoms with Crippen LogP contribution in [-0.4, -0.2) is 40.8 Å². The quantitative estimate of drug-likeness (QED) is 0.767. The molecule has 8 heteroatoms. The third-order valence-electron chi connectivity index (χ3n) is 5.46. The van der Waals surface area contributed by atoms with Gasteiger partial charge in [0.2, 0.25) is 5.69 Å². The fourth-order valence-electron chi connectivity index (χ4n) is 4.19. The summed E-state index contributed by atoms with van der Waals surface area (Å²) in [5.41, 5.74) is 0.761. The van der Waals surface area contributed by atoms with E-state index in [1.807, 2.05) is 4.90 Å². The van der Waals surface area contributed by atoms with E-state index in [0.717, 1.165) is 12.1 Å². The lowest BCUT2D eigenvalue weighted by molar-refractivity contribution is -0.992. The average molecular weight is 371 g/mol. The van der Waals surface area contributed by atoms with E-state index in [9.17, 15) is 20.0 Å². The maximum atomic E-state index is 12.9. The number of aromatic nitrogens is 1. The van der Waals surface area contributed by atoms with E-state index in [-0.39, 0.29) is 23.4 Å². The number of nitrogens with one attached hydrogen (secondary N) is 1. The molecule has 8 nitrogen and oxygen atoms in total. The first-order valence-corrected chi connectivity index (χ1v) is 8.88. The number of pyridine rings is 1. The Morgan fingerprint density at radius 1 is 1.19 bits per heavy atom. The molecule has 0 spiro atoms. The van der Waals surface area contributed by atoms with Gasteiger partial charge in [0.15, 0.2) is 0 Å². The number of likely N-dealkylation sites (tertiary alicyclic amines) is 1. The lowest BCUT2D eigenvalue weighted by Gasteiger charge is -2.42. The molecule has 4 rings (SSSR count).